The van der Waals surface area contributed by atoms with E-state index in [1.165, 1.54) is 9.13 Å². The van der Waals surface area contributed by atoms with Gasteiger partial charge in [0, 0.05) is 32.4 Å². The van der Waals surface area contributed by atoms with Gasteiger partial charge in [-0.1, -0.05) is 59.9 Å². The Morgan fingerprint density at radius 2 is 1.68 bits per heavy atom. The summed E-state index contributed by atoms with van der Waals surface area (Å²) >= 11 is 19.3. The molecule has 1 saturated heterocycles. The molecule has 1 aliphatic heterocycles. The lowest BCUT2D eigenvalue weighted by molar-refractivity contribution is -0.138. The van der Waals surface area contributed by atoms with E-state index < -0.39 is 17.8 Å². The van der Waals surface area contributed by atoms with E-state index in [-0.39, 0.29) is 33.6 Å². The second kappa shape index (κ2) is 12.2. The lowest BCUT2D eigenvalue weighted by atomic mass is 10.1. The first-order valence-corrected chi connectivity index (χ1v) is 14.1. The molecule has 0 unspecified atom stereocenters. The van der Waals surface area contributed by atoms with Crippen LogP contribution >= 0.6 is 34.8 Å². The number of fused-ring (bicyclic) bond motifs is 1. The molecule has 0 bridgehead atoms. The summed E-state index contributed by atoms with van der Waals surface area (Å²) in [4.78, 5) is 41.3. The summed E-state index contributed by atoms with van der Waals surface area (Å²) in [5, 5.41) is 3.52. The van der Waals surface area contributed by atoms with Crippen molar-refractivity contribution in [3.05, 3.63) is 85.7 Å². The summed E-state index contributed by atoms with van der Waals surface area (Å²) in [6, 6.07) is 15.3. The molecule has 1 atom stereocenters. The number of imidazole rings is 1. The van der Waals surface area contributed by atoms with E-state index >= 15 is 0 Å². The van der Waals surface area contributed by atoms with Crippen molar-refractivity contribution in [2.45, 2.75) is 6.92 Å². The number of aryl methyl sites for hydroxylation is 1. The molecular formula is C29H27Cl3N4O5. The average molecular weight is 618 g/mol. The number of amides is 1. The number of aromatic nitrogens is 2. The smallest absolute Gasteiger partial charge is 0.333 e. The van der Waals surface area contributed by atoms with Gasteiger partial charge in [0.25, 0.3) is 5.91 Å². The van der Waals surface area contributed by atoms with Gasteiger partial charge < -0.3 is 19.7 Å². The molecule has 12 heteroatoms. The maximum Gasteiger partial charge on any atom is 0.333 e. The molecule has 0 spiro atoms. The van der Waals surface area contributed by atoms with Gasteiger partial charge in [0.05, 0.1) is 56.5 Å². The van der Waals surface area contributed by atoms with Crippen LogP contribution in [-0.2, 0) is 16.6 Å². The lowest BCUT2D eigenvalue weighted by Crippen LogP contribution is -2.36. The zero-order valence-corrected chi connectivity index (χ0v) is 24.6. The molecular weight excluding hydrogens is 591 g/mol. The van der Waals surface area contributed by atoms with E-state index in [9.17, 15) is 14.4 Å². The number of hydrogen-bond acceptors (Lipinski definition) is 6. The van der Waals surface area contributed by atoms with Gasteiger partial charge in [-0.25, -0.2) is 4.79 Å². The molecule has 0 radical (unpaired) electrons. The van der Waals surface area contributed by atoms with Gasteiger partial charge in [0.1, 0.15) is 0 Å². The van der Waals surface area contributed by atoms with Crippen molar-refractivity contribution >= 4 is 63.4 Å². The molecule has 1 aromatic heterocycles. The molecule has 0 aliphatic carbocycles. The van der Waals surface area contributed by atoms with Gasteiger partial charge in [-0.15, -0.1) is 0 Å². The molecule has 0 saturated carbocycles. The van der Waals surface area contributed by atoms with Crippen LogP contribution in [0.5, 0.6) is 5.75 Å². The van der Waals surface area contributed by atoms with E-state index in [4.69, 9.17) is 44.3 Å². The number of carbonyl (C=O) groups is 2. The van der Waals surface area contributed by atoms with Crippen molar-refractivity contribution in [2.24, 2.45) is 13.0 Å². The number of nitrogens with one attached hydrogen (secondary N) is 1. The van der Waals surface area contributed by atoms with Gasteiger partial charge in [-0.2, -0.15) is 0 Å². The fourth-order valence-electron chi connectivity index (χ4n) is 4.70. The Morgan fingerprint density at radius 3 is 2.39 bits per heavy atom. The fourth-order valence-corrected chi connectivity index (χ4v) is 5.60. The number of ether oxygens (including phenoxy) is 2. The minimum Gasteiger partial charge on any atom is -0.424 e. The molecule has 41 heavy (non-hydrogen) atoms. The third-order valence-electron chi connectivity index (χ3n) is 6.95. The zero-order valence-electron chi connectivity index (χ0n) is 22.3. The van der Waals surface area contributed by atoms with E-state index in [0.717, 1.165) is 5.69 Å². The molecule has 3 aromatic carbocycles. The van der Waals surface area contributed by atoms with E-state index in [2.05, 4.69) is 10.2 Å². The molecule has 2 heterocycles. The Bertz CT molecular complexity index is 1670. The standard InChI is InChI=1S/C29H27Cl3N4O5/c1-17(16-33-27(37)25-20(31)14-18(15-21(25)32)35-10-12-40-13-11-35)28(38)41-24-9-4-3-7-22(24)36-26-19(30)6-5-8-23(26)34(2)29(36)39/h3-9,14-15,17H,10-13,16H2,1-2H3,(H,33,37)/t17-/m0/s1. The summed E-state index contributed by atoms with van der Waals surface area (Å²) in [5.74, 6) is -1.66. The van der Waals surface area contributed by atoms with Crippen molar-refractivity contribution in [2.75, 3.05) is 37.7 Å². The minimum absolute atomic E-state index is 0.0300. The predicted molar refractivity (Wildman–Crippen MR) is 160 cm³/mol. The molecule has 214 valence electrons. The summed E-state index contributed by atoms with van der Waals surface area (Å²) in [6.45, 7) is 4.19. The van der Waals surface area contributed by atoms with Gasteiger partial charge in [0.2, 0.25) is 0 Å². The first kappa shape index (κ1) is 29.0. The van der Waals surface area contributed by atoms with Crippen molar-refractivity contribution in [1.29, 1.82) is 0 Å². The number of rotatable bonds is 7. The largest absolute Gasteiger partial charge is 0.424 e. The molecule has 9 nitrogen and oxygen atoms in total. The van der Waals surface area contributed by atoms with Crippen LogP contribution in [0.2, 0.25) is 15.1 Å². The molecule has 1 aliphatic rings. The number of benzene rings is 3. The topological polar surface area (TPSA) is 94.8 Å². The van der Waals surface area contributed by atoms with E-state index in [0.29, 0.717) is 48.0 Å². The quantitative estimate of drug-likeness (QED) is 0.229. The highest BCUT2D eigenvalue weighted by molar-refractivity contribution is 6.40. The third-order valence-corrected chi connectivity index (χ3v) is 7.85. The summed E-state index contributed by atoms with van der Waals surface area (Å²) in [5.41, 5.74) is 2.09. The van der Waals surface area contributed by atoms with Crippen LogP contribution in [0.4, 0.5) is 5.69 Å². The minimum atomic E-state index is -0.731. The normalized spacial score (nSPS) is 14.2. The number of anilines is 1. The monoisotopic (exact) mass is 616 g/mol. The number of nitrogens with zero attached hydrogens (tertiary/aromatic N) is 3. The van der Waals surface area contributed by atoms with Crippen LogP contribution in [-0.4, -0.2) is 53.9 Å². The Kier molecular flexibility index (Phi) is 8.60. The number of carbonyl (C=O) groups excluding carboxylic acids is 2. The van der Waals surface area contributed by atoms with Crippen LogP contribution in [0.1, 0.15) is 17.3 Å². The molecule has 1 amide bonds. The SMILES string of the molecule is C[C@@H](CNC(=O)c1c(Cl)cc(N2CCOCC2)cc1Cl)C(=O)Oc1ccccc1-n1c(=O)n(C)c2cccc(Cl)c21. The number of morpholine rings is 1. The highest BCUT2D eigenvalue weighted by Crippen LogP contribution is 2.32. The second-order valence-electron chi connectivity index (χ2n) is 9.67. The Labute approximate surface area is 251 Å². The Balaban J connectivity index is 1.30. The van der Waals surface area contributed by atoms with Crippen LogP contribution in [0.25, 0.3) is 16.7 Å². The van der Waals surface area contributed by atoms with E-state index in [1.54, 1.807) is 68.6 Å². The predicted octanol–water partition coefficient (Wildman–Crippen LogP) is 5.10. The van der Waals surface area contributed by atoms with Crippen LogP contribution < -0.4 is 20.6 Å². The maximum absolute atomic E-state index is 13.1. The number of esters is 1. The van der Waals surface area contributed by atoms with Crippen molar-refractivity contribution in [3.8, 4) is 11.4 Å². The summed E-state index contributed by atoms with van der Waals surface area (Å²) in [6.07, 6.45) is 0. The second-order valence-corrected chi connectivity index (χ2v) is 10.9. The highest BCUT2D eigenvalue weighted by Gasteiger charge is 2.24. The highest BCUT2D eigenvalue weighted by atomic mass is 35.5. The zero-order chi connectivity index (χ0) is 29.3. The van der Waals surface area contributed by atoms with Crippen molar-refractivity contribution in [3.63, 3.8) is 0 Å². The summed E-state index contributed by atoms with van der Waals surface area (Å²) < 4.78 is 14.0. The average Bonchev–Trinajstić information content (AvgIpc) is 3.22. The molecule has 1 N–H and O–H groups in total. The number of hydrogen-bond donors (Lipinski definition) is 1. The molecule has 5 rings (SSSR count). The van der Waals surface area contributed by atoms with Gasteiger partial charge in [-0.3, -0.25) is 18.7 Å². The Morgan fingerprint density at radius 1 is 1.00 bits per heavy atom. The maximum atomic E-state index is 13.1. The number of halogens is 3. The van der Waals surface area contributed by atoms with Gasteiger partial charge >= 0.3 is 11.7 Å². The third kappa shape index (κ3) is 5.81. The van der Waals surface area contributed by atoms with Crippen LogP contribution in [0, 0.1) is 5.92 Å². The van der Waals surface area contributed by atoms with Crippen LogP contribution in [0.15, 0.2) is 59.4 Å². The van der Waals surface area contributed by atoms with Gasteiger partial charge in [-0.05, 0) is 36.4 Å². The van der Waals surface area contributed by atoms with Crippen LogP contribution in [0.3, 0.4) is 0 Å². The van der Waals surface area contributed by atoms with Gasteiger partial charge in [0.15, 0.2) is 5.75 Å². The fraction of sp³-hybridized carbons (Fsp3) is 0.276. The van der Waals surface area contributed by atoms with Crippen molar-refractivity contribution < 1.29 is 19.1 Å². The Hall–Kier alpha value is -3.50. The van der Waals surface area contributed by atoms with Crippen molar-refractivity contribution in [1.82, 2.24) is 14.5 Å². The first-order chi connectivity index (χ1) is 19.7. The lowest BCUT2D eigenvalue weighted by Gasteiger charge is -2.29. The molecule has 1 fully saturated rings. The van der Waals surface area contributed by atoms with E-state index in [1.807, 2.05) is 0 Å². The molecule has 4 aromatic rings. The summed E-state index contributed by atoms with van der Waals surface area (Å²) in [7, 11) is 1.64. The first-order valence-electron chi connectivity index (χ1n) is 12.9. The number of para-hydroxylation sites is 3.